The lowest BCUT2D eigenvalue weighted by Crippen LogP contribution is -2.42. The first-order chi connectivity index (χ1) is 9.66. The Kier molecular flexibility index (Phi) is 3.23. The van der Waals surface area contributed by atoms with Crippen molar-refractivity contribution in [2.45, 2.75) is 18.8 Å². The Labute approximate surface area is 115 Å². The van der Waals surface area contributed by atoms with Crippen molar-refractivity contribution < 1.29 is 19.4 Å². The molecule has 2 N–H and O–H groups in total. The van der Waals surface area contributed by atoms with Gasteiger partial charge in [0.15, 0.2) is 0 Å². The maximum atomic E-state index is 12.2. The monoisotopic (exact) mass is 274 g/mol. The summed E-state index contributed by atoms with van der Waals surface area (Å²) in [7, 11) is 0. The van der Waals surface area contributed by atoms with E-state index in [0.29, 0.717) is 6.54 Å². The molecule has 2 aliphatic rings. The van der Waals surface area contributed by atoms with Crippen LogP contribution in [0.4, 0.5) is 0 Å². The van der Waals surface area contributed by atoms with Crippen LogP contribution in [0.25, 0.3) is 0 Å². The van der Waals surface area contributed by atoms with Crippen molar-refractivity contribution in [3.05, 3.63) is 42.2 Å². The van der Waals surface area contributed by atoms with E-state index in [1.807, 2.05) is 6.07 Å². The number of hydrogen-bond acceptors (Lipinski definition) is 4. The summed E-state index contributed by atoms with van der Waals surface area (Å²) in [6, 6.07) is 3.63. The van der Waals surface area contributed by atoms with Gasteiger partial charge in [0.1, 0.15) is 5.92 Å². The van der Waals surface area contributed by atoms with E-state index in [9.17, 15) is 14.7 Å². The molecule has 0 radical (unpaired) electrons. The van der Waals surface area contributed by atoms with Crippen molar-refractivity contribution in [2.24, 2.45) is 11.8 Å². The summed E-state index contributed by atoms with van der Waals surface area (Å²) < 4.78 is 5.47. The van der Waals surface area contributed by atoms with Crippen LogP contribution in [0.15, 0.2) is 36.7 Å². The smallest absolute Gasteiger partial charge is 0.310 e. The van der Waals surface area contributed by atoms with Crippen LogP contribution in [0.2, 0.25) is 0 Å². The third-order valence-corrected chi connectivity index (χ3v) is 3.68. The minimum atomic E-state index is -0.997. The van der Waals surface area contributed by atoms with E-state index >= 15 is 0 Å². The highest BCUT2D eigenvalue weighted by atomic mass is 16.5. The van der Waals surface area contributed by atoms with Gasteiger partial charge in [-0.25, -0.2) is 0 Å². The molecule has 2 aliphatic heterocycles. The van der Waals surface area contributed by atoms with E-state index in [1.165, 1.54) is 0 Å². The molecule has 1 amide bonds. The number of amides is 1. The molecule has 2 bridgehead atoms. The predicted octanol–water partition coefficient (Wildman–Crippen LogP) is 0.352. The fourth-order valence-electron chi connectivity index (χ4n) is 2.72. The molecule has 0 unspecified atom stereocenters. The van der Waals surface area contributed by atoms with Crippen LogP contribution in [-0.4, -0.2) is 34.2 Å². The summed E-state index contributed by atoms with van der Waals surface area (Å²) in [6.45, 7) is 0.330. The minimum absolute atomic E-state index is 0.293. The number of carbonyl (C=O) groups is 2. The molecule has 0 aliphatic carbocycles. The number of rotatable bonds is 4. The molecular formula is C14H14N2O4. The van der Waals surface area contributed by atoms with Crippen molar-refractivity contribution in [2.75, 3.05) is 0 Å². The first-order valence-electron chi connectivity index (χ1n) is 6.40. The predicted molar refractivity (Wildman–Crippen MR) is 68.5 cm³/mol. The van der Waals surface area contributed by atoms with Crippen LogP contribution in [0.5, 0.6) is 0 Å². The average Bonchev–Trinajstić information content (AvgIpc) is 3.06. The molecule has 1 aromatic heterocycles. The molecule has 4 atom stereocenters. The van der Waals surface area contributed by atoms with Crippen LogP contribution >= 0.6 is 0 Å². The molecule has 3 rings (SSSR count). The molecule has 1 saturated heterocycles. The second kappa shape index (κ2) is 5.05. The Morgan fingerprint density at radius 3 is 2.70 bits per heavy atom. The van der Waals surface area contributed by atoms with Gasteiger partial charge in [-0.1, -0.05) is 18.2 Å². The number of carboxylic acids is 1. The maximum Gasteiger partial charge on any atom is 0.310 e. The topological polar surface area (TPSA) is 88.5 Å². The Morgan fingerprint density at radius 1 is 1.30 bits per heavy atom. The number of fused-ring (bicyclic) bond motifs is 2. The van der Waals surface area contributed by atoms with Gasteiger partial charge in [0, 0.05) is 18.9 Å². The molecule has 104 valence electrons. The molecule has 0 saturated carbocycles. The van der Waals surface area contributed by atoms with Crippen molar-refractivity contribution in [1.29, 1.82) is 0 Å². The number of carbonyl (C=O) groups excluding carboxylic acids is 1. The second-order valence-corrected chi connectivity index (χ2v) is 4.92. The van der Waals surface area contributed by atoms with Gasteiger partial charge in [-0.05, 0) is 11.6 Å². The summed E-state index contributed by atoms with van der Waals surface area (Å²) in [4.78, 5) is 27.5. The molecule has 20 heavy (non-hydrogen) atoms. The van der Waals surface area contributed by atoms with Crippen LogP contribution in [-0.2, 0) is 20.9 Å². The first kappa shape index (κ1) is 12.8. The summed E-state index contributed by atoms with van der Waals surface area (Å²) >= 11 is 0. The zero-order chi connectivity index (χ0) is 14.1. The Hall–Kier alpha value is -2.21. The van der Waals surface area contributed by atoms with Crippen molar-refractivity contribution in [3.63, 3.8) is 0 Å². The fraction of sp³-hybridized carbons (Fsp3) is 0.357. The van der Waals surface area contributed by atoms with Gasteiger partial charge >= 0.3 is 5.97 Å². The SMILES string of the molecule is O=C(O)[C@@H]1[C@@H](C(=O)NCc2cccnc2)[C@H]2C=C[C@@H]1O2. The number of aromatic nitrogens is 1. The third kappa shape index (κ3) is 2.18. The van der Waals surface area contributed by atoms with Gasteiger partial charge in [-0.2, -0.15) is 0 Å². The van der Waals surface area contributed by atoms with Gasteiger partial charge in [0.2, 0.25) is 5.91 Å². The Balaban J connectivity index is 1.68. The van der Waals surface area contributed by atoms with Crippen molar-refractivity contribution in [3.8, 4) is 0 Å². The van der Waals surface area contributed by atoms with Gasteiger partial charge in [0.25, 0.3) is 0 Å². The van der Waals surface area contributed by atoms with Crippen LogP contribution < -0.4 is 5.32 Å². The van der Waals surface area contributed by atoms with Crippen molar-refractivity contribution in [1.82, 2.24) is 10.3 Å². The number of ether oxygens (including phenoxy) is 1. The molecule has 1 fully saturated rings. The fourth-order valence-corrected chi connectivity index (χ4v) is 2.72. The third-order valence-electron chi connectivity index (χ3n) is 3.68. The molecule has 3 heterocycles. The summed E-state index contributed by atoms with van der Waals surface area (Å²) in [5, 5.41) is 12.0. The quantitative estimate of drug-likeness (QED) is 0.773. The van der Waals surface area contributed by atoms with Crippen molar-refractivity contribution >= 4 is 11.9 Å². The lowest BCUT2D eigenvalue weighted by molar-refractivity contribution is -0.146. The standard InChI is InChI=1S/C14H14N2O4/c17-13(16-7-8-2-1-5-15-6-8)11-9-3-4-10(20-9)12(11)14(18)19/h1-6,9-12H,7H2,(H,16,17)(H,18,19)/t9-,10+,11+,12+/m1/s1. The number of nitrogens with zero attached hydrogens (tertiary/aromatic N) is 1. The summed E-state index contributed by atoms with van der Waals surface area (Å²) in [5.41, 5.74) is 0.868. The van der Waals surface area contributed by atoms with Gasteiger partial charge in [-0.3, -0.25) is 14.6 Å². The first-order valence-corrected chi connectivity index (χ1v) is 6.40. The molecule has 0 aromatic carbocycles. The highest BCUT2D eigenvalue weighted by molar-refractivity contribution is 5.87. The molecule has 6 nitrogen and oxygen atoms in total. The number of aliphatic carboxylic acids is 1. The van der Waals surface area contributed by atoms with Crippen LogP contribution in [0.3, 0.4) is 0 Å². The summed E-state index contributed by atoms with van der Waals surface area (Å²) in [5.74, 6) is -2.76. The van der Waals surface area contributed by atoms with E-state index in [-0.39, 0.29) is 5.91 Å². The van der Waals surface area contributed by atoms with Gasteiger partial charge in [0.05, 0.1) is 18.1 Å². The highest BCUT2D eigenvalue weighted by Gasteiger charge is 2.53. The summed E-state index contributed by atoms with van der Waals surface area (Å²) in [6.07, 6.45) is 5.86. The minimum Gasteiger partial charge on any atom is -0.481 e. The number of carboxylic acid groups (broad SMARTS) is 1. The van der Waals surface area contributed by atoms with Crippen LogP contribution in [0, 0.1) is 11.8 Å². The van der Waals surface area contributed by atoms with Crippen LogP contribution in [0.1, 0.15) is 5.56 Å². The van der Waals surface area contributed by atoms with E-state index in [2.05, 4.69) is 10.3 Å². The Morgan fingerprint density at radius 2 is 2.05 bits per heavy atom. The van der Waals surface area contributed by atoms with Gasteiger partial charge < -0.3 is 15.2 Å². The largest absolute Gasteiger partial charge is 0.481 e. The molecule has 1 aromatic rings. The zero-order valence-electron chi connectivity index (χ0n) is 10.6. The average molecular weight is 274 g/mol. The van der Waals surface area contributed by atoms with E-state index in [4.69, 9.17) is 4.74 Å². The van der Waals surface area contributed by atoms with E-state index in [0.717, 1.165) is 5.56 Å². The normalized spacial score (nSPS) is 30.4. The number of pyridine rings is 1. The molecule has 6 heteroatoms. The van der Waals surface area contributed by atoms with E-state index < -0.39 is 30.0 Å². The lowest BCUT2D eigenvalue weighted by Gasteiger charge is -2.20. The molecule has 0 spiro atoms. The highest BCUT2D eigenvalue weighted by Crippen LogP contribution is 2.39. The van der Waals surface area contributed by atoms with Gasteiger partial charge in [-0.15, -0.1) is 0 Å². The maximum absolute atomic E-state index is 12.2. The molecular weight excluding hydrogens is 260 g/mol. The number of nitrogens with one attached hydrogen (secondary N) is 1. The zero-order valence-corrected chi connectivity index (χ0v) is 10.6. The Bertz CT molecular complexity index is 558. The lowest BCUT2D eigenvalue weighted by atomic mass is 9.82. The number of hydrogen-bond donors (Lipinski definition) is 2. The second-order valence-electron chi connectivity index (χ2n) is 4.92. The van der Waals surface area contributed by atoms with E-state index in [1.54, 1.807) is 30.6 Å².